The van der Waals surface area contributed by atoms with E-state index in [2.05, 4.69) is 13.8 Å². The van der Waals surface area contributed by atoms with Crippen LogP contribution < -0.4 is 0 Å². The van der Waals surface area contributed by atoms with Crippen LogP contribution in [0.2, 0.25) is 0 Å². The van der Waals surface area contributed by atoms with Crippen LogP contribution in [0, 0.1) is 5.92 Å². The van der Waals surface area contributed by atoms with Gasteiger partial charge in [-0.05, 0) is 36.0 Å². The topological polar surface area (TPSA) is 20.2 Å². The van der Waals surface area contributed by atoms with Gasteiger partial charge in [-0.3, -0.25) is 0 Å². The molecule has 2 heteroatoms. The third-order valence-corrected chi connectivity index (χ3v) is 4.39. The Morgan fingerprint density at radius 3 is 2.19 bits per heavy atom. The van der Waals surface area contributed by atoms with Crippen molar-refractivity contribution >= 4 is 11.6 Å². The van der Waals surface area contributed by atoms with Gasteiger partial charge >= 0.3 is 0 Å². The van der Waals surface area contributed by atoms with E-state index in [1.807, 2.05) is 12.1 Å². The lowest BCUT2D eigenvalue weighted by Crippen LogP contribution is -1.93. The molecule has 1 N–H and O–H groups in total. The van der Waals surface area contributed by atoms with Gasteiger partial charge in [0.2, 0.25) is 0 Å². The fourth-order valence-corrected chi connectivity index (χ4v) is 3.02. The van der Waals surface area contributed by atoms with Gasteiger partial charge in [0.1, 0.15) is 5.75 Å². The predicted octanol–water partition coefficient (Wildman–Crippen LogP) is 6.45. The second kappa shape index (κ2) is 11.0. The predicted molar refractivity (Wildman–Crippen MR) is 93.1 cm³/mol. The Hall–Kier alpha value is -0.690. The van der Waals surface area contributed by atoms with Crippen molar-refractivity contribution in [3.05, 3.63) is 29.3 Å². The van der Waals surface area contributed by atoms with Crippen LogP contribution in [0.25, 0.3) is 0 Å². The number of hydrogen-bond donors (Lipinski definition) is 1. The molecule has 0 saturated carbocycles. The summed E-state index contributed by atoms with van der Waals surface area (Å²) >= 11 is 5.93. The molecule has 0 aliphatic carbocycles. The maximum Gasteiger partial charge on any atom is 0.119 e. The SMILES string of the molecule is CC(C)CCCCCCCCCc1c(O)cccc1CCl. The molecule has 0 fully saturated rings. The Kier molecular flexibility index (Phi) is 9.58. The summed E-state index contributed by atoms with van der Waals surface area (Å²) in [4.78, 5) is 0. The first-order chi connectivity index (χ1) is 10.1. The maximum atomic E-state index is 9.91. The van der Waals surface area contributed by atoms with E-state index in [4.69, 9.17) is 11.6 Å². The third-order valence-electron chi connectivity index (χ3n) is 4.10. The molecule has 0 saturated heterocycles. The van der Waals surface area contributed by atoms with Crippen molar-refractivity contribution in [1.82, 2.24) is 0 Å². The Balaban J connectivity index is 2.09. The van der Waals surface area contributed by atoms with Crippen LogP contribution in [0.4, 0.5) is 0 Å². The van der Waals surface area contributed by atoms with Gasteiger partial charge in [-0.1, -0.05) is 70.9 Å². The molecule has 0 bridgehead atoms. The van der Waals surface area contributed by atoms with E-state index in [9.17, 15) is 5.11 Å². The molecule has 0 aliphatic heterocycles. The first kappa shape index (κ1) is 18.4. The van der Waals surface area contributed by atoms with Gasteiger partial charge in [0, 0.05) is 5.88 Å². The van der Waals surface area contributed by atoms with Gasteiger partial charge in [0.05, 0.1) is 0 Å². The summed E-state index contributed by atoms with van der Waals surface area (Å²) in [5.74, 6) is 1.74. The molecule has 21 heavy (non-hydrogen) atoms. The normalized spacial score (nSPS) is 11.2. The zero-order valence-corrected chi connectivity index (χ0v) is 14.5. The average Bonchev–Trinajstić information content (AvgIpc) is 2.46. The number of rotatable bonds is 11. The minimum atomic E-state index is 0.404. The largest absolute Gasteiger partial charge is 0.508 e. The molecule has 0 aliphatic rings. The summed E-state index contributed by atoms with van der Waals surface area (Å²) in [5.41, 5.74) is 2.12. The number of phenols is 1. The second-order valence-electron chi connectivity index (χ2n) is 6.46. The van der Waals surface area contributed by atoms with E-state index in [0.29, 0.717) is 11.6 Å². The summed E-state index contributed by atoms with van der Waals surface area (Å²) in [6.45, 7) is 4.60. The van der Waals surface area contributed by atoms with Crippen molar-refractivity contribution < 1.29 is 5.11 Å². The van der Waals surface area contributed by atoms with E-state index >= 15 is 0 Å². The van der Waals surface area contributed by atoms with Crippen LogP contribution in [-0.4, -0.2) is 5.11 Å². The number of benzene rings is 1. The summed E-state index contributed by atoms with van der Waals surface area (Å²) in [6.07, 6.45) is 11.5. The quantitative estimate of drug-likeness (QED) is 0.368. The molecule has 0 amide bonds. The van der Waals surface area contributed by atoms with Crippen LogP contribution in [0.5, 0.6) is 5.75 Å². The number of hydrogen-bond acceptors (Lipinski definition) is 1. The fraction of sp³-hybridized carbons (Fsp3) is 0.684. The lowest BCUT2D eigenvalue weighted by molar-refractivity contribution is 0.464. The zero-order chi connectivity index (χ0) is 15.5. The van der Waals surface area contributed by atoms with Gasteiger partial charge in [0.15, 0.2) is 0 Å². The van der Waals surface area contributed by atoms with Crippen LogP contribution in [0.15, 0.2) is 18.2 Å². The number of alkyl halides is 1. The van der Waals surface area contributed by atoms with Crippen molar-refractivity contribution in [1.29, 1.82) is 0 Å². The van der Waals surface area contributed by atoms with Crippen molar-refractivity contribution in [3.63, 3.8) is 0 Å². The molecule has 0 heterocycles. The molecule has 120 valence electrons. The number of halogens is 1. The van der Waals surface area contributed by atoms with Crippen LogP contribution in [-0.2, 0) is 12.3 Å². The first-order valence-electron chi connectivity index (χ1n) is 8.50. The molecule has 1 aromatic carbocycles. The lowest BCUT2D eigenvalue weighted by Gasteiger charge is -2.09. The summed E-state index contributed by atoms with van der Waals surface area (Å²) in [6, 6.07) is 5.64. The fourth-order valence-electron chi connectivity index (χ4n) is 2.77. The Labute approximate surface area is 135 Å². The Morgan fingerprint density at radius 1 is 0.952 bits per heavy atom. The van der Waals surface area contributed by atoms with E-state index in [-0.39, 0.29) is 0 Å². The van der Waals surface area contributed by atoms with Crippen molar-refractivity contribution in [2.24, 2.45) is 5.92 Å². The smallest absolute Gasteiger partial charge is 0.119 e. The molecular weight excluding hydrogens is 280 g/mol. The highest BCUT2D eigenvalue weighted by Gasteiger charge is 2.06. The lowest BCUT2D eigenvalue weighted by atomic mass is 9.99. The highest BCUT2D eigenvalue weighted by atomic mass is 35.5. The van der Waals surface area contributed by atoms with Gasteiger partial charge in [-0.15, -0.1) is 11.6 Å². The Bertz CT molecular complexity index is 387. The van der Waals surface area contributed by atoms with Gasteiger partial charge < -0.3 is 5.11 Å². The van der Waals surface area contributed by atoms with E-state index in [1.54, 1.807) is 6.07 Å². The molecule has 0 spiro atoms. The number of aromatic hydroxyl groups is 1. The molecule has 0 aromatic heterocycles. The van der Waals surface area contributed by atoms with Crippen LogP contribution >= 0.6 is 11.6 Å². The number of unbranched alkanes of at least 4 members (excludes halogenated alkanes) is 6. The zero-order valence-electron chi connectivity index (χ0n) is 13.7. The van der Waals surface area contributed by atoms with Crippen molar-refractivity contribution in [2.75, 3.05) is 0 Å². The minimum absolute atomic E-state index is 0.404. The highest BCUT2D eigenvalue weighted by Crippen LogP contribution is 2.25. The minimum Gasteiger partial charge on any atom is -0.508 e. The maximum absolute atomic E-state index is 9.91. The van der Waals surface area contributed by atoms with Gasteiger partial charge in [0.25, 0.3) is 0 Å². The average molecular weight is 311 g/mol. The molecule has 1 aromatic rings. The highest BCUT2D eigenvalue weighted by molar-refractivity contribution is 6.17. The van der Waals surface area contributed by atoms with Gasteiger partial charge in [-0.2, -0.15) is 0 Å². The summed E-state index contributed by atoms with van der Waals surface area (Å²) in [7, 11) is 0. The monoisotopic (exact) mass is 310 g/mol. The third kappa shape index (κ3) is 7.76. The van der Waals surface area contributed by atoms with Crippen molar-refractivity contribution in [2.45, 2.75) is 77.5 Å². The van der Waals surface area contributed by atoms with E-state index in [1.165, 1.54) is 44.9 Å². The molecule has 0 atom stereocenters. The van der Waals surface area contributed by atoms with E-state index in [0.717, 1.165) is 29.9 Å². The van der Waals surface area contributed by atoms with E-state index < -0.39 is 0 Å². The van der Waals surface area contributed by atoms with Crippen LogP contribution in [0.3, 0.4) is 0 Å². The van der Waals surface area contributed by atoms with Crippen molar-refractivity contribution in [3.8, 4) is 5.75 Å². The molecule has 1 nitrogen and oxygen atoms in total. The summed E-state index contributed by atoms with van der Waals surface area (Å²) < 4.78 is 0. The standard InChI is InChI=1S/C19H31ClO/c1-16(2)11-8-6-4-3-5-7-9-13-18-17(15-20)12-10-14-19(18)21/h10,12,14,16,21H,3-9,11,13,15H2,1-2H3. The van der Waals surface area contributed by atoms with Gasteiger partial charge in [-0.25, -0.2) is 0 Å². The molecule has 0 unspecified atom stereocenters. The summed E-state index contributed by atoms with van der Waals surface area (Å²) in [5, 5.41) is 9.91. The Morgan fingerprint density at radius 2 is 1.57 bits per heavy atom. The number of phenolic OH excluding ortho intramolecular Hbond substituents is 1. The van der Waals surface area contributed by atoms with Crippen LogP contribution in [0.1, 0.15) is 76.3 Å². The first-order valence-corrected chi connectivity index (χ1v) is 9.04. The molecule has 1 rings (SSSR count). The molecule has 0 radical (unpaired) electrons. The second-order valence-corrected chi connectivity index (χ2v) is 6.72. The molecular formula is C19H31ClO.